The molecule has 0 bridgehead atoms. The maximum absolute atomic E-state index is 13.4. The summed E-state index contributed by atoms with van der Waals surface area (Å²) < 4.78 is 57.1. The lowest BCUT2D eigenvalue weighted by molar-refractivity contribution is -0.137. The summed E-state index contributed by atoms with van der Waals surface area (Å²) in [6, 6.07) is 8.62. The quantitative estimate of drug-likeness (QED) is 0.472. The molecule has 2 heterocycles. The number of halogens is 3. The number of rotatable bonds is 8. The highest BCUT2D eigenvalue weighted by Gasteiger charge is 2.30. The fourth-order valence-corrected chi connectivity index (χ4v) is 4.05. The van der Waals surface area contributed by atoms with Crippen LogP contribution in [0.15, 0.2) is 52.1 Å². The number of benzene rings is 2. The Kier molecular flexibility index (Phi) is 7.86. The second kappa shape index (κ2) is 11.1. The molecule has 0 radical (unpaired) electrons. The summed E-state index contributed by atoms with van der Waals surface area (Å²) in [6.45, 7) is 0.166. The van der Waals surface area contributed by atoms with Crippen molar-refractivity contribution in [2.75, 3.05) is 27.4 Å². The van der Waals surface area contributed by atoms with E-state index in [1.807, 2.05) is 0 Å². The predicted octanol–water partition coefficient (Wildman–Crippen LogP) is 2.39. The first-order chi connectivity index (χ1) is 18.1. The number of ether oxygens (including phenoxy) is 3. The van der Waals surface area contributed by atoms with E-state index in [-0.39, 0.29) is 29.6 Å². The van der Waals surface area contributed by atoms with Crippen LogP contribution in [0.2, 0.25) is 0 Å². The fourth-order valence-electron chi connectivity index (χ4n) is 4.05. The van der Waals surface area contributed by atoms with Crippen LogP contribution >= 0.6 is 0 Å². The van der Waals surface area contributed by atoms with E-state index < -0.39 is 41.1 Å². The van der Waals surface area contributed by atoms with Crippen LogP contribution in [0.4, 0.5) is 13.2 Å². The van der Waals surface area contributed by atoms with Crippen molar-refractivity contribution in [2.45, 2.75) is 31.7 Å². The number of amides is 1. The molecular weight excluding hydrogens is 509 g/mol. The summed E-state index contributed by atoms with van der Waals surface area (Å²) in [7, 11) is 2.81. The van der Waals surface area contributed by atoms with E-state index in [0.29, 0.717) is 16.9 Å². The number of methoxy groups -OCH3 is 2. The Labute approximate surface area is 214 Å². The second-order valence-electron chi connectivity index (χ2n) is 8.52. The molecule has 3 aromatic rings. The lowest BCUT2D eigenvalue weighted by Gasteiger charge is -2.15. The third-order valence-electron chi connectivity index (χ3n) is 6.00. The summed E-state index contributed by atoms with van der Waals surface area (Å²) in [6.07, 6.45) is -3.26. The molecule has 0 aliphatic carbocycles. The highest BCUT2D eigenvalue weighted by molar-refractivity contribution is 5.91. The van der Waals surface area contributed by atoms with Crippen molar-refractivity contribution in [3.63, 3.8) is 0 Å². The molecule has 10 nitrogen and oxygen atoms in total. The van der Waals surface area contributed by atoms with Crippen LogP contribution in [0.25, 0.3) is 5.69 Å². The van der Waals surface area contributed by atoms with E-state index >= 15 is 0 Å². The van der Waals surface area contributed by atoms with Gasteiger partial charge in [0, 0.05) is 19.2 Å². The van der Waals surface area contributed by atoms with Gasteiger partial charge in [0.1, 0.15) is 0 Å². The minimum Gasteiger partial charge on any atom is -0.493 e. The third kappa shape index (κ3) is 5.72. The normalized spacial score (nSPS) is 15.3. The molecule has 1 atom stereocenters. The first-order valence-electron chi connectivity index (χ1n) is 11.6. The number of nitrogens with one attached hydrogen (secondary N) is 1. The minimum absolute atomic E-state index is 0.0369. The highest BCUT2D eigenvalue weighted by Crippen LogP contribution is 2.30. The smallest absolute Gasteiger partial charge is 0.416 e. The van der Waals surface area contributed by atoms with Gasteiger partial charge in [-0.15, -0.1) is 0 Å². The molecule has 1 amide bonds. The predicted molar refractivity (Wildman–Crippen MR) is 129 cm³/mol. The van der Waals surface area contributed by atoms with Crippen LogP contribution in [0.1, 0.15) is 34.5 Å². The van der Waals surface area contributed by atoms with Gasteiger partial charge in [0.2, 0.25) is 5.69 Å². The molecule has 4 rings (SSSR count). The first-order valence-corrected chi connectivity index (χ1v) is 11.6. The summed E-state index contributed by atoms with van der Waals surface area (Å²) in [5.74, 6) is -0.243. The number of carbonyl (C=O) groups is 1. The van der Waals surface area contributed by atoms with Crippen LogP contribution < -0.4 is 26.0 Å². The van der Waals surface area contributed by atoms with Gasteiger partial charge in [0.25, 0.3) is 11.5 Å². The zero-order valence-corrected chi connectivity index (χ0v) is 20.6. The molecule has 2 aromatic carbocycles. The van der Waals surface area contributed by atoms with Gasteiger partial charge in [-0.05, 0) is 42.7 Å². The van der Waals surface area contributed by atoms with E-state index in [4.69, 9.17) is 14.2 Å². The average molecular weight is 534 g/mol. The molecule has 1 fully saturated rings. The number of carbonyl (C=O) groups excluding carboxylic acids is 1. The molecular formula is C25H25F3N4O6. The maximum atomic E-state index is 13.4. The molecule has 13 heteroatoms. The Morgan fingerprint density at radius 1 is 1.13 bits per heavy atom. The van der Waals surface area contributed by atoms with Crippen LogP contribution in [0, 0.1) is 0 Å². The van der Waals surface area contributed by atoms with E-state index in [1.165, 1.54) is 44.6 Å². The van der Waals surface area contributed by atoms with Crippen LogP contribution in [0.5, 0.6) is 11.5 Å². The first kappa shape index (κ1) is 26.9. The van der Waals surface area contributed by atoms with E-state index in [0.717, 1.165) is 29.7 Å². The van der Waals surface area contributed by atoms with E-state index in [2.05, 4.69) is 10.4 Å². The molecule has 202 valence electrons. The van der Waals surface area contributed by atoms with Gasteiger partial charge in [-0.25, -0.2) is 4.79 Å². The molecule has 1 saturated heterocycles. The van der Waals surface area contributed by atoms with Crippen LogP contribution in [-0.2, 0) is 17.5 Å². The standard InChI is InChI=1S/C25H25F3N4O6/c1-36-19-9-8-17(12-20(19)37-2)32-24(35)31(14-15-5-3-6-16(11-15)25(26,27)28)23(34)21(30-32)22(33)29-13-18-7-4-10-38-18/h3,5-6,8-9,11-12,18H,4,7,10,13-14H2,1-2H3,(H,29,33)/t18-/m0/s1. The lowest BCUT2D eigenvalue weighted by Crippen LogP contribution is -2.46. The van der Waals surface area contributed by atoms with Crippen molar-refractivity contribution >= 4 is 5.91 Å². The Morgan fingerprint density at radius 3 is 2.55 bits per heavy atom. The lowest BCUT2D eigenvalue weighted by atomic mass is 10.1. The number of hydrogen-bond donors (Lipinski definition) is 1. The van der Waals surface area contributed by atoms with E-state index in [1.54, 1.807) is 0 Å². The third-order valence-corrected chi connectivity index (χ3v) is 6.00. The number of aromatic nitrogens is 3. The zero-order valence-electron chi connectivity index (χ0n) is 20.6. The van der Waals surface area contributed by atoms with Crippen molar-refractivity contribution in [2.24, 2.45) is 0 Å². The molecule has 0 spiro atoms. The molecule has 1 aromatic heterocycles. The molecule has 1 aliphatic rings. The van der Waals surface area contributed by atoms with Crippen LogP contribution in [-0.4, -0.2) is 53.7 Å². The van der Waals surface area contributed by atoms with Gasteiger partial charge in [-0.1, -0.05) is 12.1 Å². The summed E-state index contributed by atoms with van der Waals surface area (Å²) in [4.78, 5) is 39.6. The van der Waals surface area contributed by atoms with Gasteiger partial charge >= 0.3 is 11.9 Å². The van der Waals surface area contributed by atoms with Gasteiger partial charge in [-0.2, -0.15) is 23.0 Å². The Morgan fingerprint density at radius 2 is 1.89 bits per heavy atom. The molecule has 38 heavy (non-hydrogen) atoms. The zero-order chi connectivity index (χ0) is 27.4. The molecule has 0 unspecified atom stereocenters. The molecule has 1 aliphatic heterocycles. The Bertz CT molecular complexity index is 1440. The van der Waals surface area contributed by atoms with Gasteiger partial charge in [0.05, 0.1) is 38.1 Å². The second-order valence-corrected chi connectivity index (χ2v) is 8.52. The maximum Gasteiger partial charge on any atom is 0.416 e. The van der Waals surface area contributed by atoms with Gasteiger partial charge in [0.15, 0.2) is 11.5 Å². The van der Waals surface area contributed by atoms with Crippen molar-refractivity contribution in [3.05, 3.63) is 80.1 Å². The largest absolute Gasteiger partial charge is 0.493 e. The van der Waals surface area contributed by atoms with Crippen molar-refractivity contribution in [1.29, 1.82) is 0 Å². The summed E-state index contributed by atoms with van der Waals surface area (Å²) >= 11 is 0. The van der Waals surface area contributed by atoms with Gasteiger partial charge < -0.3 is 19.5 Å². The minimum atomic E-state index is -4.62. The van der Waals surface area contributed by atoms with E-state index in [9.17, 15) is 27.6 Å². The summed E-state index contributed by atoms with van der Waals surface area (Å²) in [5.41, 5.74) is -3.38. The van der Waals surface area contributed by atoms with Crippen molar-refractivity contribution in [1.82, 2.24) is 19.7 Å². The molecule has 0 saturated carbocycles. The Hall–Kier alpha value is -4.13. The van der Waals surface area contributed by atoms with Crippen molar-refractivity contribution in [3.8, 4) is 17.2 Å². The number of nitrogens with zero attached hydrogens (tertiary/aromatic N) is 3. The monoisotopic (exact) mass is 534 g/mol. The molecule has 1 N–H and O–H groups in total. The topological polar surface area (TPSA) is 114 Å². The van der Waals surface area contributed by atoms with Gasteiger partial charge in [-0.3, -0.25) is 14.2 Å². The van der Waals surface area contributed by atoms with Crippen LogP contribution in [0.3, 0.4) is 0 Å². The SMILES string of the molecule is COc1ccc(-n2nc(C(=O)NC[C@@H]3CCCO3)c(=O)n(Cc3cccc(C(F)(F)F)c3)c2=O)cc1OC. The Balaban J connectivity index is 1.81. The fraction of sp³-hybridized carbons (Fsp3) is 0.360. The number of alkyl halides is 3. The number of hydrogen-bond acceptors (Lipinski definition) is 7. The average Bonchev–Trinajstić information content (AvgIpc) is 3.43. The van der Waals surface area contributed by atoms with Crippen molar-refractivity contribution < 1.29 is 32.2 Å². The summed E-state index contributed by atoms with van der Waals surface area (Å²) in [5, 5.41) is 6.61. The highest BCUT2D eigenvalue weighted by atomic mass is 19.4.